The highest BCUT2D eigenvalue weighted by Gasteiger charge is 2.30. The molecule has 0 saturated heterocycles. The molecule has 0 unspecified atom stereocenters. The number of alkyl halides is 3. The number of hydrogen-bond acceptors (Lipinski definition) is 3. The third kappa shape index (κ3) is 3.56. The van der Waals surface area contributed by atoms with Crippen molar-refractivity contribution >= 4 is 38.9 Å². The first-order valence-electron chi connectivity index (χ1n) is 5.62. The first kappa shape index (κ1) is 15.8. The van der Waals surface area contributed by atoms with Gasteiger partial charge in [-0.05, 0) is 34.1 Å². The summed E-state index contributed by atoms with van der Waals surface area (Å²) in [6.45, 7) is 0. The van der Waals surface area contributed by atoms with E-state index in [2.05, 4.69) is 21.2 Å². The fourth-order valence-electron chi connectivity index (χ4n) is 1.63. The van der Waals surface area contributed by atoms with E-state index in [-0.39, 0.29) is 10.6 Å². The molecule has 0 aliphatic rings. The van der Waals surface area contributed by atoms with Crippen LogP contribution in [-0.2, 0) is 6.18 Å². The molecule has 0 spiro atoms. The molecule has 0 bridgehead atoms. The van der Waals surface area contributed by atoms with Crippen molar-refractivity contribution < 1.29 is 22.7 Å². The highest BCUT2D eigenvalue weighted by molar-refractivity contribution is 9.10. The van der Waals surface area contributed by atoms with E-state index in [9.17, 15) is 18.0 Å². The predicted octanol–water partition coefficient (Wildman–Crippen LogP) is 4.79. The van der Waals surface area contributed by atoms with Crippen LogP contribution in [0.4, 0.5) is 18.9 Å². The SMILES string of the molecule is COc1c(Br)csc1C(=O)Nc1cccc(C(F)(F)F)c1. The van der Waals surface area contributed by atoms with Gasteiger partial charge in [0.25, 0.3) is 5.91 Å². The molecular formula is C13H9BrF3NO2S. The topological polar surface area (TPSA) is 38.3 Å². The van der Waals surface area contributed by atoms with Gasteiger partial charge in [-0.15, -0.1) is 11.3 Å². The van der Waals surface area contributed by atoms with Gasteiger partial charge in [-0.1, -0.05) is 6.07 Å². The number of carbonyl (C=O) groups is 1. The number of ether oxygens (including phenoxy) is 1. The highest BCUT2D eigenvalue weighted by Crippen LogP contribution is 2.35. The number of benzene rings is 1. The van der Waals surface area contributed by atoms with Crippen LogP contribution in [0.5, 0.6) is 5.75 Å². The second-order valence-electron chi connectivity index (χ2n) is 3.98. The fourth-order valence-corrected chi connectivity index (χ4v) is 3.19. The lowest BCUT2D eigenvalue weighted by atomic mass is 10.2. The van der Waals surface area contributed by atoms with Crippen LogP contribution >= 0.6 is 27.3 Å². The van der Waals surface area contributed by atoms with Crippen molar-refractivity contribution in [1.82, 2.24) is 0 Å². The molecule has 112 valence electrons. The van der Waals surface area contributed by atoms with Gasteiger partial charge in [-0.2, -0.15) is 13.2 Å². The largest absolute Gasteiger partial charge is 0.494 e. The molecule has 1 N–H and O–H groups in total. The number of nitrogens with one attached hydrogen (secondary N) is 1. The van der Waals surface area contributed by atoms with Gasteiger partial charge in [0.2, 0.25) is 0 Å². The lowest BCUT2D eigenvalue weighted by Crippen LogP contribution is -2.12. The Balaban J connectivity index is 2.24. The summed E-state index contributed by atoms with van der Waals surface area (Å²) in [6, 6.07) is 4.45. The van der Waals surface area contributed by atoms with Crippen LogP contribution in [0.1, 0.15) is 15.2 Å². The summed E-state index contributed by atoms with van der Waals surface area (Å²) in [4.78, 5) is 12.4. The van der Waals surface area contributed by atoms with E-state index < -0.39 is 17.6 Å². The summed E-state index contributed by atoms with van der Waals surface area (Å²) in [5, 5.41) is 4.10. The second-order valence-corrected chi connectivity index (χ2v) is 5.71. The molecule has 1 aromatic heterocycles. The molecule has 0 aliphatic carbocycles. The third-order valence-corrected chi connectivity index (χ3v) is 4.41. The maximum atomic E-state index is 12.6. The van der Waals surface area contributed by atoms with E-state index in [0.717, 1.165) is 23.5 Å². The van der Waals surface area contributed by atoms with E-state index in [1.54, 1.807) is 5.38 Å². The van der Waals surface area contributed by atoms with Gasteiger partial charge in [0, 0.05) is 11.1 Å². The normalized spacial score (nSPS) is 11.3. The zero-order valence-electron chi connectivity index (χ0n) is 10.6. The molecule has 2 aromatic rings. The lowest BCUT2D eigenvalue weighted by Gasteiger charge is -2.10. The number of carbonyl (C=O) groups excluding carboxylic acids is 1. The molecule has 1 heterocycles. The Kier molecular flexibility index (Phi) is 4.58. The molecule has 21 heavy (non-hydrogen) atoms. The molecule has 0 atom stereocenters. The van der Waals surface area contributed by atoms with Crippen LogP contribution in [0.2, 0.25) is 0 Å². The molecule has 0 aliphatic heterocycles. The van der Waals surface area contributed by atoms with Crippen LogP contribution in [-0.4, -0.2) is 13.0 Å². The zero-order chi connectivity index (χ0) is 15.6. The maximum Gasteiger partial charge on any atom is 0.416 e. The smallest absolute Gasteiger partial charge is 0.416 e. The van der Waals surface area contributed by atoms with Gasteiger partial charge >= 0.3 is 6.18 Å². The zero-order valence-corrected chi connectivity index (χ0v) is 13.0. The lowest BCUT2D eigenvalue weighted by molar-refractivity contribution is -0.137. The monoisotopic (exact) mass is 379 g/mol. The van der Waals surface area contributed by atoms with Crippen LogP contribution in [0.15, 0.2) is 34.1 Å². The van der Waals surface area contributed by atoms with Crippen LogP contribution in [0, 0.1) is 0 Å². The Morgan fingerprint density at radius 2 is 2.10 bits per heavy atom. The Bertz CT molecular complexity index is 670. The molecule has 1 amide bonds. The number of hydrogen-bond donors (Lipinski definition) is 1. The van der Waals surface area contributed by atoms with E-state index in [1.165, 1.54) is 19.2 Å². The Hall–Kier alpha value is -1.54. The molecule has 0 fully saturated rings. The second kappa shape index (κ2) is 6.07. The maximum absolute atomic E-state index is 12.6. The molecule has 8 heteroatoms. The first-order chi connectivity index (χ1) is 9.82. The van der Waals surface area contributed by atoms with Crippen molar-refractivity contribution in [3.8, 4) is 5.75 Å². The van der Waals surface area contributed by atoms with Crippen molar-refractivity contribution in [2.75, 3.05) is 12.4 Å². The fraction of sp³-hybridized carbons (Fsp3) is 0.154. The summed E-state index contributed by atoms with van der Waals surface area (Å²) < 4.78 is 43.5. The number of amides is 1. The minimum Gasteiger partial charge on any atom is -0.494 e. The average Bonchev–Trinajstić information content (AvgIpc) is 2.79. The first-order valence-corrected chi connectivity index (χ1v) is 7.29. The van der Waals surface area contributed by atoms with Crippen molar-refractivity contribution in [2.45, 2.75) is 6.18 Å². The van der Waals surface area contributed by atoms with E-state index in [0.29, 0.717) is 10.2 Å². The van der Waals surface area contributed by atoms with E-state index in [1.807, 2.05) is 0 Å². The van der Waals surface area contributed by atoms with E-state index >= 15 is 0 Å². The van der Waals surface area contributed by atoms with Gasteiger partial charge in [-0.3, -0.25) is 4.79 Å². The predicted molar refractivity (Wildman–Crippen MR) is 78.0 cm³/mol. The van der Waals surface area contributed by atoms with Crippen LogP contribution in [0.3, 0.4) is 0 Å². The van der Waals surface area contributed by atoms with Crippen LogP contribution in [0.25, 0.3) is 0 Å². The van der Waals surface area contributed by atoms with Gasteiger partial charge in [-0.25, -0.2) is 0 Å². The Morgan fingerprint density at radius 1 is 1.38 bits per heavy atom. The summed E-state index contributed by atoms with van der Waals surface area (Å²) in [6.07, 6.45) is -4.45. The third-order valence-electron chi connectivity index (χ3n) is 2.56. The number of rotatable bonds is 3. The standard InChI is InChI=1S/C13H9BrF3NO2S/c1-20-10-9(14)6-21-11(10)12(19)18-8-4-2-3-7(5-8)13(15,16)17/h2-6H,1H3,(H,18,19). The average molecular weight is 380 g/mol. The molecule has 3 nitrogen and oxygen atoms in total. The molecule has 1 aromatic carbocycles. The van der Waals surface area contributed by atoms with Gasteiger partial charge in [0.15, 0.2) is 5.75 Å². The molecule has 0 radical (unpaired) electrons. The van der Waals surface area contributed by atoms with Crippen molar-refractivity contribution in [3.63, 3.8) is 0 Å². The van der Waals surface area contributed by atoms with E-state index in [4.69, 9.17) is 4.74 Å². The van der Waals surface area contributed by atoms with Crippen molar-refractivity contribution in [3.05, 3.63) is 44.6 Å². The highest BCUT2D eigenvalue weighted by atomic mass is 79.9. The Morgan fingerprint density at radius 3 is 2.71 bits per heavy atom. The van der Waals surface area contributed by atoms with Gasteiger partial charge in [0.05, 0.1) is 17.1 Å². The number of methoxy groups -OCH3 is 1. The van der Waals surface area contributed by atoms with Crippen molar-refractivity contribution in [1.29, 1.82) is 0 Å². The number of halogens is 4. The quantitative estimate of drug-likeness (QED) is 0.832. The van der Waals surface area contributed by atoms with Gasteiger partial charge in [0.1, 0.15) is 4.88 Å². The van der Waals surface area contributed by atoms with Crippen molar-refractivity contribution in [2.24, 2.45) is 0 Å². The molecular weight excluding hydrogens is 371 g/mol. The molecule has 0 saturated carbocycles. The van der Waals surface area contributed by atoms with Crippen LogP contribution < -0.4 is 10.1 Å². The number of thiophene rings is 1. The summed E-state index contributed by atoms with van der Waals surface area (Å²) in [5.41, 5.74) is -0.749. The summed E-state index contributed by atoms with van der Waals surface area (Å²) in [5.74, 6) is -0.175. The number of anilines is 1. The Labute approximate surface area is 130 Å². The molecule has 2 rings (SSSR count). The minimum absolute atomic E-state index is 0.0707. The summed E-state index contributed by atoms with van der Waals surface area (Å²) >= 11 is 4.36. The minimum atomic E-state index is -4.45. The summed E-state index contributed by atoms with van der Waals surface area (Å²) in [7, 11) is 1.41. The van der Waals surface area contributed by atoms with Gasteiger partial charge < -0.3 is 10.1 Å².